The Morgan fingerprint density at radius 2 is 1.81 bits per heavy atom. The Labute approximate surface area is 98.3 Å². The summed E-state index contributed by atoms with van der Waals surface area (Å²) in [6.45, 7) is 0. The molecular formula is C12H10N2OS. The second-order valence-corrected chi connectivity index (χ2v) is 3.78. The van der Waals surface area contributed by atoms with Crippen LogP contribution >= 0.6 is 12.2 Å². The number of fused-ring (bicyclic) bond motifs is 1. The molecule has 0 heterocycles. The molecule has 0 unspecified atom stereocenters. The molecule has 0 saturated heterocycles. The first kappa shape index (κ1) is 10.6. The van der Waals surface area contributed by atoms with Crippen molar-refractivity contribution in [3.8, 4) is 0 Å². The maximum Gasteiger partial charge on any atom is 0.258 e. The molecule has 0 aromatic heterocycles. The number of nitrogens with two attached hydrogens (primary N) is 1. The highest BCUT2D eigenvalue weighted by Crippen LogP contribution is 2.18. The quantitative estimate of drug-likeness (QED) is 0.735. The van der Waals surface area contributed by atoms with Crippen molar-refractivity contribution in [3.63, 3.8) is 0 Å². The van der Waals surface area contributed by atoms with Gasteiger partial charge in [-0.3, -0.25) is 10.1 Å². The molecule has 2 aromatic carbocycles. The maximum absolute atomic E-state index is 11.8. The van der Waals surface area contributed by atoms with Gasteiger partial charge < -0.3 is 5.73 Å². The van der Waals surface area contributed by atoms with Gasteiger partial charge in [-0.05, 0) is 29.1 Å². The average molecular weight is 230 g/mol. The zero-order valence-corrected chi connectivity index (χ0v) is 9.25. The van der Waals surface area contributed by atoms with Crippen LogP contribution in [0.3, 0.4) is 0 Å². The Balaban J connectivity index is 2.52. The Morgan fingerprint density at radius 3 is 2.56 bits per heavy atom. The van der Waals surface area contributed by atoms with E-state index in [0.29, 0.717) is 5.56 Å². The van der Waals surface area contributed by atoms with Gasteiger partial charge in [-0.2, -0.15) is 0 Å². The van der Waals surface area contributed by atoms with E-state index in [1.807, 2.05) is 36.4 Å². The van der Waals surface area contributed by atoms with Gasteiger partial charge in [-0.25, -0.2) is 0 Å². The van der Waals surface area contributed by atoms with Crippen LogP contribution < -0.4 is 11.1 Å². The van der Waals surface area contributed by atoms with Gasteiger partial charge in [-0.15, -0.1) is 0 Å². The lowest BCUT2D eigenvalue weighted by molar-refractivity contribution is 0.0979. The minimum Gasteiger partial charge on any atom is -0.376 e. The third kappa shape index (κ3) is 2.01. The summed E-state index contributed by atoms with van der Waals surface area (Å²) >= 11 is 4.64. The molecule has 0 fully saturated rings. The van der Waals surface area contributed by atoms with Gasteiger partial charge >= 0.3 is 0 Å². The number of carbonyl (C=O) groups is 1. The number of carbonyl (C=O) groups excluding carboxylic acids is 1. The van der Waals surface area contributed by atoms with Gasteiger partial charge in [-0.1, -0.05) is 36.4 Å². The van der Waals surface area contributed by atoms with Gasteiger partial charge in [0.2, 0.25) is 0 Å². The summed E-state index contributed by atoms with van der Waals surface area (Å²) < 4.78 is 0. The molecule has 0 radical (unpaired) electrons. The molecule has 80 valence electrons. The lowest BCUT2D eigenvalue weighted by Crippen LogP contribution is -2.34. The predicted octanol–water partition coefficient (Wildman–Crippen LogP) is 1.81. The largest absolute Gasteiger partial charge is 0.376 e. The van der Waals surface area contributed by atoms with Gasteiger partial charge in [0.1, 0.15) is 0 Å². The molecule has 0 atom stereocenters. The van der Waals surface area contributed by atoms with Gasteiger partial charge in [0.15, 0.2) is 5.11 Å². The van der Waals surface area contributed by atoms with Crippen molar-refractivity contribution in [2.75, 3.05) is 0 Å². The summed E-state index contributed by atoms with van der Waals surface area (Å²) in [7, 11) is 0. The molecular weight excluding hydrogens is 220 g/mol. The van der Waals surface area contributed by atoms with Gasteiger partial charge in [0, 0.05) is 5.56 Å². The lowest BCUT2D eigenvalue weighted by atomic mass is 10.0. The number of benzene rings is 2. The van der Waals surface area contributed by atoms with Crippen molar-refractivity contribution < 1.29 is 4.79 Å². The zero-order chi connectivity index (χ0) is 11.5. The molecule has 0 aliphatic carbocycles. The van der Waals surface area contributed by atoms with Crippen molar-refractivity contribution in [2.24, 2.45) is 5.73 Å². The van der Waals surface area contributed by atoms with E-state index in [0.717, 1.165) is 10.8 Å². The van der Waals surface area contributed by atoms with Crippen molar-refractivity contribution >= 4 is 34.0 Å². The van der Waals surface area contributed by atoms with Crippen molar-refractivity contribution in [1.82, 2.24) is 5.32 Å². The molecule has 2 rings (SSSR count). The molecule has 1 amide bonds. The SMILES string of the molecule is NC(=S)NC(=O)c1cccc2ccccc12. The first-order valence-corrected chi connectivity index (χ1v) is 5.18. The monoisotopic (exact) mass is 230 g/mol. The fraction of sp³-hybridized carbons (Fsp3) is 0. The fourth-order valence-corrected chi connectivity index (χ4v) is 1.70. The Kier molecular flexibility index (Phi) is 2.83. The van der Waals surface area contributed by atoms with Gasteiger partial charge in [0.25, 0.3) is 5.91 Å². The first-order valence-electron chi connectivity index (χ1n) is 4.77. The molecule has 3 N–H and O–H groups in total. The number of thiocarbonyl (C=S) groups is 1. The highest BCUT2D eigenvalue weighted by molar-refractivity contribution is 7.80. The van der Waals surface area contributed by atoms with E-state index < -0.39 is 0 Å². The maximum atomic E-state index is 11.8. The van der Waals surface area contributed by atoms with E-state index >= 15 is 0 Å². The van der Waals surface area contributed by atoms with Crippen LogP contribution in [0.2, 0.25) is 0 Å². The summed E-state index contributed by atoms with van der Waals surface area (Å²) in [5.74, 6) is -0.274. The normalized spacial score (nSPS) is 10.0. The molecule has 0 aliphatic heterocycles. The number of amides is 1. The minimum atomic E-state index is -0.274. The molecule has 0 saturated carbocycles. The molecule has 16 heavy (non-hydrogen) atoms. The van der Waals surface area contributed by atoms with Crippen LogP contribution in [-0.4, -0.2) is 11.0 Å². The van der Waals surface area contributed by atoms with E-state index in [2.05, 4.69) is 17.5 Å². The zero-order valence-electron chi connectivity index (χ0n) is 8.44. The Morgan fingerprint density at radius 1 is 1.12 bits per heavy atom. The molecule has 3 nitrogen and oxygen atoms in total. The highest BCUT2D eigenvalue weighted by Gasteiger charge is 2.09. The summed E-state index contributed by atoms with van der Waals surface area (Å²) in [5.41, 5.74) is 5.85. The van der Waals surface area contributed by atoms with E-state index in [9.17, 15) is 4.79 Å². The van der Waals surface area contributed by atoms with E-state index in [1.165, 1.54) is 0 Å². The van der Waals surface area contributed by atoms with Gasteiger partial charge in [0.05, 0.1) is 0 Å². The van der Waals surface area contributed by atoms with Crippen molar-refractivity contribution in [3.05, 3.63) is 48.0 Å². The number of rotatable bonds is 1. The van der Waals surface area contributed by atoms with Crippen molar-refractivity contribution in [2.45, 2.75) is 0 Å². The Bertz CT molecular complexity index is 560. The van der Waals surface area contributed by atoms with Crippen LogP contribution in [0.25, 0.3) is 10.8 Å². The fourth-order valence-electron chi connectivity index (χ4n) is 1.60. The molecule has 0 bridgehead atoms. The molecule has 0 aliphatic rings. The second-order valence-electron chi connectivity index (χ2n) is 3.35. The summed E-state index contributed by atoms with van der Waals surface area (Å²) in [6, 6.07) is 13.2. The lowest BCUT2D eigenvalue weighted by Gasteiger charge is -2.06. The topological polar surface area (TPSA) is 55.1 Å². The Hall–Kier alpha value is -1.94. The van der Waals surface area contributed by atoms with E-state index in [1.54, 1.807) is 6.07 Å². The van der Waals surface area contributed by atoms with Crippen LogP contribution in [0.5, 0.6) is 0 Å². The minimum absolute atomic E-state index is 0.0158. The molecule has 4 heteroatoms. The number of hydrogen-bond acceptors (Lipinski definition) is 2. The smallest absolute Gasteiger partial charge is 0.258 e. The predicted molar refractivity (Wildman–Crippen MR) is 68.2 cm³/mol. The first-order chi connectivity index (χ1) is 7.68. The number of hydrogen-bond donors (Lipinski definition) is 2. The highest BCUT2D eigenvalue weighted by atomic mass is 32.1. The van der Waals surface area contributed by atoms with Crippen LogP contribution in [-0.2, 0) is 0 Å². The van der Waals surface area contributed by atoms with Crippen LogP contribution in [0.15, 0.2) is 42.5 Å². The molecule has 0 spiro atoms. The molecule has 2 aromatic rings. The summed E-state index contributed by atoms with van der Waals surface area (Å²) in [5, 5.41) is 4.31. The number of nitrogens with one attached hydrogen (secondary N) is 1. The summed E-state index contributed by atoms with van der Waals surface area (Å²) in [4.78, 5) is 11.8. The van der Waals surface area contributed by atoms with Crippen LogP contribution in [0.4, 0.5) is 0 Å². The third-order valence-electron chi connectivity index (χ3n) is 2.27. The average Bonchev–Trinajstić information content (AvgIpc) is 2.27. The van der Waals surface area contributed by atoms with E-state index in [4.69, 9.17) is 5.73 Å². The van der Waals surface area contributed by atoms with Crippen molar-refractivity contribution in [1.29, 1.82) is 0 Å². The standard InChI is InChI=1S/C12H10N2OS/c13-12(16)14-11(15)10-7-3-5-8-4-1-2-6-9(8)10/h1-7H,(H3,13,14,15,16). The third-order valence-corrected chi connectivity index (χ3v) is 2.37. The summed E-state index contributed by atoms with van der Waals surface area (Å²) in [6.07, 6.45) is 0. The van der Waals surface area contributed by atoms with Crippen LogP contribution in [0, 0.1) is 0 Å². The second kappa shape index (κ2) is 4.28. The van der Waals surface area contributed by atoms with E-state index in [-0.39, 0.29) is 11.0 Å². The van der Waals surface area contributed by atoms with Crippen LogP contribution in [0.1, 0.15) is 10.4 Å².